The van der Waals surface area contributed by atoms with E-state index in [-0.39, 0.29) is 5.84 Å². The second-order valence-corrected chi connectivity index (χ2v) is 5.23. The van der Waals surface area contributed by atoms with Gasteiger partial charge in [0.05, 0.1) is 0 Å². The lowest BCUT2D eigenvalue weighted by Crippen LogP contribution is -2.13. The molecule has 0 aliphatic heterocycles. The van der Waals surface area contributed by atoms with Crippen LogP contribution in [0.25, 0.3) is 10.9 Å². The minimum atomic E-state index is 0.112. The van der Waals surface area contributed by atoms with Crippen molar-refractivity contribution in [3.8, 4) is 0 Å². The van der Waals surface area contributed by atoms with Gasteiger partial charge in [-0.15, -0.1) is 0 Å². The highest BCUT2D eigenvalue weighted by atomic mass is 35.5. The smallest absolute Gasteiger partial charge is 0.170 e. The van der Waals surface area contributed by atoms with Crippen LogP contribution in [0.2, 0.25) is 5.02 Å². The van der Waals surface area contributed by atoms with Crippen LogP contribution >= 0.6 is 11.6 Å². The summed E-state index contributed by atoms with van der Waals surface area (Å²) in [5.41, 5.74) is 8.58. The topological polar surface area (TPSA) is 63.5 Å². The van der Waals surface area contributed by atoms with Gasteiger partial charge in [-0.05, 0) is 29.8 Å². The van der Waals surface area contributed by atoms with Crippen molar-refractivity contribution in [1.29, 1.82) is 0 Å². The molecule has 3 rings (SSSR count). The van der Waals surface area contributed by atoms with Crippen LogP contribution in [-0.2, 0) is 6.54 Å². The van der Waals surface area contributed by atoms with E-state index in [1.807, 2.05) is 54.7 Å². The standard InChI is InChI=1S/C16H14ClN3O/c17-12-4-1-3-11(9-12)10-20-8-7-13-14(16(18)19-21)5-2-6-15(13)20/h1-9,21H,10H2,(H2,18,19). The van der Waals surface area contributed by atoms with Gasteiger partial charge in [-0.2, -0.15) is 0 Å². The first-order valence-electron chi connectivity index (χ1n) is 6.49. The maximum absolute atomic E-state index is 8.86. The number of nitrogens with zero attached hydrogens (tertiary/aromatic N) is 2. The summed E-state index contributed by atoms with van der Waals surface area (Å²) in [5.74, 6) is 0.112. The molecule has 0 aliphatic carbocycles. The van der Waals surface area contributed by atoms with Gasteiger partial charge in [0.25, 0.3) is 0 Å². The van der Waals surface area contributed by atoms with Crippen LogP contribution in [0.1, 0.15) is 11.1 Å². The fourth-order valence-corrected chi connectivity index (χ4v) is 2.68. The monoisotopic (exact) mass is 299 g/mol. The summed E-state index contributed by atoms with van der Waals surface area (Å²) < 4.78 is 2.11. The largest absolute Gasteiger partial charge is 0.409 e. The van der Waals surface area contributed by atoms with Crippen LogP contribution in [0.15, 0.2) is 59.9 Å². The predicted octanol–water partition coefficient (Wildman–Crippen LogP) is 3.44. The molecule has 0 unspecified atom stereocenters. The van der Waals surface area contributed by atoms with Gasteiger partial charge in [0.15, 0.2) is 5.84 Å². The summed E-state index contributed by atoms with van der Waals surface area (Å²) in [5, 5.41) is 13.6. The highest BCUT2D eigenvalue weighted by Crippen LogP contribution is 2.22. The van der Waals surface area contributed by atoms with Crippen molar-refractivity contribution in [1.82, 2.24) is 4.57 Å². The SMILES string of the molecule is N/C(=N/O)c1cccc2c1ccn2Cc1cccc(Cl)c1. The van der Waals surface area contributed by atoms with Gasteiger partial charge in [-0.25, -0.2) is 0 Å². The molecule has 21 heavy (non-hydrogen) atoms. The number of hydrogen-bond donors (Lipinski definition) is 2. The summed E-state index contributed by atoms with van der Waals surface area (Å²) in [6.07, 6.45) is 1.99. The Hall–Kier alpha value is -2.46. The summed E-state index contributed by atoms with van der Waals surface area (Å²) >= 11 is 6.02. The third-order valence-corrected chi connectivity index (χ3v) is 3.67. The summed E-state index contributed by atoms with van der Waals surface area (Å²) in [4.78, 5) is 0. The molecular formula is C16H14ClN3O. The number of halogens is 1. The molecule has 3 N–H and O–H groups in total. The zero-order valence-electron chi connectivity index (χ0n) is 11.2. The molecule has 106 valence electrons. The van der Waals surface area contributed by atoms with Gasteiger partial charge in [-0.1, -0.05) is 41.0 Å². The molecular weight excluding hydrogens is 286 g/mol. The normalized spacial score (nSPS) is 12.0. The van der Waals surface area contributed by atoms with E-state index in [1.165, 1.54) is 0 Å². The third kappa shape index (κ3) is 2.58. The first kappa shape index (κ1) is 13.5. The fraction of sp³-hybridized carbons (Fsp3) is 0.0625. The second-order valence-electron chi connectivity index (χ2n) is 4.80. The van der Waals surface area contributed by atoms with Crippen LogP contribution in [-0.4, -0.2) is 15.6 Å². The Balaban J connectivity index is 2.05. The molecule has 5 heteroatoms. The lowest BCUT2D eigenvalue weighted by atomic mass is 10.1. The van der Waals surface area contributed by atoms with Crippen molar-refractivity contribution >= 4 is 28.3 Å². The zero-order valence-corrected chi connectivity index (χ0v) is 12.0. The Kier molecular flexibility index (Phi) is 3.54. The molecule has 0 fully saturated rings. The number of fused-ring (bicyclic) bond motifs is 1. The Bertz CT molecular complexity index is 823. The third-order valence-electron chi connectivity index (χ3n) is 3.44. The lowest BCUT2D eigenvalue weighted by Gasteiger charge is -2.07. The van der Waals surface area contributed by atoms with Crippen molar-refractivity contribution in [3.63, 3.8) is 0 Å². The molecule has 0 amide bonds. The van der Waals surface area contributed by atoms with E-state index < -0.39 is 0 Å². The second kappa shape index (κ2) is 5.50. The Morgan fingerprint density at radius 2 is 2.00 bits per heavy atom. The Labute approximate surface area is 127 Å². The van der Waals surface area contributed by atoms with E-state index in [4.69, 9.17) is 22.5 Å². The van der Waals surface area contributed by atoms with E-state index in [0.29, 0.717) is 6.54 Å². The molecule has 1 heterocycles. The molecule has 0 saturated carbocycles. The Morgan fingerprint density at radius 3 is 2.76 bits per heavy atom. The number of oxime groups is 1. The minimum Gasteiger partial charge on any atom is -0.409 e. The average molecular weight is 300 g/mol. The van der Waals surface area contributed by atoms with Gasteiger partial charge in [0.2, 0.25) is 0 Å². The molecule has 0 spiro atoms. The van der Waals surface area contributed by atoms with Gasteiger partial charge >= 0.3 is 0 Å². The maximum Gasteiger partial charge on any atom is 0.170 e. The van der Waals surface area contributed by atoms with E-state index >= 15 is 0 Å². The highest BCUT2D eigenvalue weighted by Gasteiger charge is 2.09. The quantitative estimate of drug-likeness (QED) is 0.337. The van der Waals surface area contributed by atoms with E-state index in [1.54, 1.807) is 0 Å². The number of hydrogen-bond acceptors (Lipinski definition) is 2. The Morgan fingerprint density at radius 1 is 1.19 bits per heavy atom. The van der Waals surface area contributed by atoms with Crippen LogP contribution in [0, 0.1) is 0 Å². The van der Waals surface area contributed by atoms with Gasteiger partial charge < -0.3 is 15.5 Å². The molecule has 0 atom stereocenters. The fourth-order valence-electron chi connectivity index (χ4n) is 2.47. The molecule has 2 aromatic carbocycles. The van der Waals surface area contributed by atoms with Gasteiger partial charge in [-0.3, -0.25) is 0 Å². The molecule has 0 saturated heterocycles. The number of rotatable bonds is 3. The van der Waals surface area contributed by atoms with Crippen molar-refractivity contribution < 1.29 is 5.21 Å². The van der Waals surface area contributed by atoms with Crippen LogP contribution < -0.4 is 5.73 Å². The first-order valence-corrected chi connectivity index (χ1v) is 6.87. The molecule has 1 aromatic heterocycles. The number of nitrogens with two attached hydrogens (primary N) is 1. The van der Waals surface area contributed by atoms with Crippen molar-refractivity contribution in [3.05, 3.63) is 70.9 Å². The van der Waals surface area contributed by atoms with Crippen molar-refractivity contribution in [2.45, 2.75) is 6.54 Å². The highest BCUT2D eigenvalue weighted by molar-refractivity contribution is 6.30. The molecule has 0 bridgehead atoms. The zero-order chi connectivity index (χ0) is 14.8. The van der Waals surface area contributed by atoms with E-state index in [9.17, 15) is 0 Å². The van der Waals surface area contributed by atoms with E-state index in [0.717, 1.165) is 27.1 Å². The van der Waals surface area contributed by atoms with Crippen molar-refractivity contribution in [2.24, 2.45) is 10.9 Å². The summed E-state index contributed by atoms with van der Waals surface area (Å²) in [6.45, 7) is 0.712. The molecule has 3 aromatic rings. The lowest BCUT2D eigenvalue weighted by molar-refractivity contribution is 0.318. The number of amidine groups is 1. The average Bonchev–Trinajstić information content (AvgIpc) is 2.90. The number of aromatic nitrogens is 1. The summed E-state index contributed by atoms with van der Waals surface area (Å²) in [6, 6.07) is 15.5. The summed E-state index contributed by atoms with van der Waals surface area (Å²) in [7, 11) is 0. The van der Waals surface area contributed by atoms with Crippen molar-refractivity contribution in [2.75, 3.05) is 0 Å². The first-order chi connectivity index (χ1) is 10.2. The molecule has 4 nitrogen and oxygen atoms in total. The number of benzene rings is 2. The van der Waals surface area contributed by atoms with Crippen LogP contribution in [0.4, 0.5) is 0 Å². The van der Waals surface area contributed by atoms with Gasteiger partial charge in [0.1, 0.15) is 0 Å². The van der Waals surface area contributed by atoms with E-state index in [2.05, 4.69) is 9.72 Å². The molecule has 0 aliphatic rings. The van der Waals surface area contributed by atoms with Crippen LogP contribution in [0.3, 0.4) is 0 Å². The predicted molar refractivity (Wildman–Crippen MR) is 85.0 cm³/mol. The molecule has 0 radical (unpaired) electrons. The maximum atomic E-state index is 8.86. The van der Waals surface area contributed by atoms with Crippen LogP contribution in [0.5, 0.6) is 0 Å². The van der Waals surface area contributed by atoms with Gasteiger partial charge in [0, 0.05) is 34.2 Å². The minimum absolute atomic E-state index is 0.112.